The molecule has 5 atom stereocenters. The Morgan fingerprint density at radius 3 is 2.88 bits per heavy atom. The van der Waals surface area contributed by atoms with E-state index in [1.807, 2.05) is 12.1 Å². The van der Waals surface area contributed by atoms with E-state index in [0.29, 0.717) is 35.2 Å². The molecule has 142 valence electrons. The van der Waals surface area contributed by atoms with E-state index in [-0.39, 0.29) is 5.41 Å². The molecule has 1 aromatic rings. The van der Waals surface area contributed by atoms with Crippen molar-refractivity contribution in [3.8, 4) is 5.75 Å². The van der Waals surface area contributed by atoms with Gasteiger partial charge in [-0.05, 0) is 85.5 Å². The van der Waals surface area contributed by atoms with Gasteiger partial charge in [-0.1, -0.05) is 25.8 Å². The van der Waals surface area contributed by atoms with Gasteiger partial charge in [0.15, 0.2) is 0 Å². The lowest BCUT2D eigenvalue weighted by Crippen LogP contribution is -2.46. The molecule has 0 spiro atoms. The molecule has 3 heteroatoms. The van der Waals surface area contributed by atoms with Gasteiger partial charge in [0.05, 0.1) is 0 Å². The molecule has 1 aromatic carbocycles. The summed E-state index contributed by atoms with van der Waals surface area (Å²) in [6, 6.07) is 6.00. The van der Waals surface area contributed by atoms with Crippen LogP contribution >= 0.6 is 11.6 Å². The van der Waals surface area contributed by atoms with Crippen molar-refractivity contribution in [2.45, 2.75) is 70.6 Å². The average Bonchev–Trinajstić information content (AvgIpc) is 2.93. The van der Waals surface area contributed by atoms with Gasteiger partial charge in [-0.2, -0.15) is 0 Å². The van der Waals surface area contributed by atoms with Crippen molar-refractivity contribution in [3.05, 3.63) is 29.3 Å². The van der Waals surface area contributed by atoms with Gasteiger partial charge in [0, 0.05) is 17.7 Å². The zero-order valence-electron chi connectivity index (χ0n) is 15.8. The number of hydrogen-bond acceptors (Lipinski definition) is 2. The molecule has 1 unspecified atom stereocenters. The number of unbranched alkanes of at least 4 members (excludes halogenated alkanes) is 2. The maximum Gasteiger partial charge on any atom is 0.139 e. The van der Waals surface area contributed by atoms with Crippen molar-refractivity contribution >= 4 is 17.4 Å². The van der Waals surface area contributed by atoms with Gasteiger partial charge in [-0.3, -0.25) is 4.79 Å². The molecule has 2 saturated carbocycles. The summed E-state index contributed by atoms with van der Waals surface area (Å²) < 4.78 is 0. The van der Waals surface area contributed by atoms with E-state index >= 15 is 0 Å². The van der Waals surface area contributed by atoms with E-state index in [0.717, 1.165) is 44.4 Å². The van der Waals surface area contributed by atoms with E-state index in [2.05, 4.69) is 13.0 Å². The number of alkyl halides is 1. The highest BCUT2D eigenvalue weighted by Gasteiger charge is 2.56. The van der Waals surface area contributed by atoms with Crippen LogP contribution in [0.4, 0.5) is 0 Å². The Kier molecular flexibility index (Phi) is 5.07. The zero-order chi connectivity index (χ0) is 18.3. The number of hydrogen-bond donors (Lipinski definition) is 1. The summed E-state index contributed by atoms with van der Waals surface area (Å²) in [6.45, 7) is 2.25. The lowest BCUT2D eigenvalue weighted by Gasteiger charge is -2.51. The molecule has 2 nitrogen and oxygen atoms in total. The van der Waals surface area contributed by atoms with Gasteiger partial charge in [0.1, 0.15) is 11.5 Å². The summed E-state index contributed by atoms with van der Waals surface area (Å²) in [7, 11) is 0. The molecule has 0 heterocycles. The predicted molar refractivity (Wildman–Crippen MR) is 106 cm³/mol. The molecule has 4 rings (SSSR count). The maximum absolute atomic E-state index is 12.7. The highest BCUT2D eigenvalue weighted by Crippen LogP contribution is 2.61. The van der Waals surface area contributed by atoms with Crippen LogP contribution in [0.25, 0.3) is 0 Å². The summed E-state index contributed by atoms with van der Waals surface area (Å²) in [5.41, 5.74) is 2.72. The van der Waals surface area contributed by atoms with Crippen LogP contribution in [0.2, 0.25) is 0 Å². The summed E-state index contributed by atoms with van der Waals surface area (Å²) in [6.07, 6.45) is 9.85. The number of phenolic OH excluding ortho intramolecular Hbond substituents is 1. The smallest absolute Gasteiger partial charge is 0.139 e. The zero-order valence-corrected chi connectivity index (χ0v) is 16.6. The minimum absolute atomic E-state index is 0.0794. The SMILES string of the molecule is C[C@]12CC[C@@H]3c4ccc(O)cc4CC(CCCCCCl)[C@H]3[C@@H]1CCC2=O. The highest BCUT2D eigenvalue weighted by molar-refractivity contribution is 6.17. The van der Waals surface area contributed by atoms with Crippen molar-refractivity contribution < 1.29 is 9.90 Å². The van der Waals surface area contributed by atoms with Gasteiger partial charge < -0.3 is 5.11 Å². The Morgan fingerprint density at radius 1 is 1.23 bits per heavy atom. The van der Waals surface area contributed by atoms with E-state index in [1.165, 1.54) is 30.4 Å². The third-order valence-electron chi connectivity index (χ3n) is 7.80. The van der Waals surface area contributed by atoms with Crippen molar-refractivity contribution in [1.29, 1.82) is 0 Å². The Labute approximate surface area is 162 Å². The molecule has 3 aliphatic carbocycles. The van der Waals surface area contributed by atoms with Crippen LogP contribution in [0.15, 0.2) is 18.2 Å². The van der Waals surface area contributed by atoms with Crippen LogP contribution in [0.5, 0.6) is 5.75 Å². The Morgan fingerprint density at radius 2 is 2.08 bits per heavy atom. The van der Waals surface area contributed by atoms with Gasteiger partial charge in [0.25, 0.3) is 0 Å². The molecule has 0 radical (unpaired) electrons. The third kappa shape index (κ3) is 2.99. The molecule has 3 aliphatic rings. The lowest BCUT2D eigenvalue weighted by atomic mass is 9.52. The van der Waals surface area contributed by atoms with Crippen LogP contribution in [0.3, 0.4) is 0 Å². The number of Topliss-reactive ketones (excluding diaryl/α,β-unsaturated/α-hetero) is 1. The lowest BCUT2D eigenvalue weighted by molar-refractivity contribution is -0.130. The predicted octanol–water partition coefficient (Wildman–Crippen LogP) is 5.84. The van der Waals surface area contributed by atoms with Crippen molar-refractivity contribution in [1.82, 2.24) is 0 Å². The molecule has 0 amide bonds. The second kappa shape index (κ2) is 7.19. The van der Waals surface area contributed by atoms with Gasteiger partial charge in [-0.15, -0.1) is 11.6 Å². The minimum atomic E-state index is -0.0794. The number of carbonyl (C=O) groups excluding carboxylic acids is 1. The molecule has 0 aromatic heterocycles. The van der Waals surface area contributed by atoms with Gasteiger partial charge in [0.2, 0.25) is 0 Å². The molecular formula is C23H31ClO2. The van der Waals surface area contributed by atoms with Crippen LogP contribution in [-0.2, 0) is 11.2 Å². The Hall–Kier alpha value is -1.02. The number of phenols is 1. The van der Waals surface area contributed by atoms with Gasteiger partial charge in [-0.25, -0.2) is 0 Å². The standard InChI is InChI=1S/C23H31ClO2/c1-23-11-10-19-18-7-6-17(25)14-16(18)13-15(5-3-2-4-12-24)22(19)20(23)8-9-21(23)26/h6-7,14-15,19-20,22,25H,2-5,8-13H2,1H3/t15?,19-,20+,22-,23+/m1/s1. The molecule has 0 bridgehead atoms. The molecule has 2 fully saturated rings. The summed E-state index contributed by atoms with van der Waals surface area (Å²) in [5.74, 6) is 4.05. The second-order valence-corrected chi connectivity index (χ2v) is 9.47. The highest BCUT2D eigenvalue weighted by atomic mass is 35.5. The van der Waals surface area contributed by atoms with Crippen molar-refractivity contribution in [3.63, 3.8) is 0 Å². The third-order valence-corrected chi connectivity index (χ3v) is 8.07. The second-order valence-electron chi connectivity index (χ2n) is 9.09. The fraction of sp³-hybridized carbons (Fsp3) is 0.696. The normalized spacial score (nSPS) is 35.7. The average molecular weight is 375 g/mol. The molecule has 0 aliphatic heterocycles. The van der Waals surface area contributed by atoms with Crippen LogP contribution in [0, 0.1) is 23.2 Å². The van der Waals surface area contributed by atoms with Gasteiger partial charge >= 0.3 is 0 Å². The first-order valence-corrected chi connectivity index (χ1v) is 11.0. The van der Waals surface area contributed by atoms with Crippen LogP contribution < -0.4 is 0 Å². The minimum Gasteiger partial charge on any atom is -0.508 e. The molecule has 1 N–H and O–H groups in total. The van der Waals surface area contributed by atoms with Crippen molar-refractivity contribution in [2.75, 3.05) is 5.88 Å². The number of carbonyl (C=O) groups is 1. The first kappa shape index (κ1) is 18.3. The van der Waals surface area contributed by atoms with Crippen molar-refractivity contribution in [2.24, 2.45) is 23.2 Å². The molecule has 0 saturated heterocycles. The largest absolute Gasteiger partial charge is 0.508 e. The Balaban J connectivity index is 1.65. The van der Waals surface area contributed by atoms with E-state index in [9.17, 15) is 9.90 Å². The van der Waals surface area contributed by atoms with E-state index in [1.54, 1.807) is 0 Å². The quantitative estimate of drug-likeness (QED) is 0.519. The Bertz CT molecular complexity index is 685. The number of rotatable bonds is 5. The van der Waals surface area contributed by atoms with Crippen LogP contribution in [-0.4, -0.2) is 16.8 Å². The van der Waals surface area contributed by atoms with E-state index in [4.69, 9.17) is 11.6 Å². The summed E-state index contributed by atoms with van der Waals surface area (Å²) in [5, 5.41) is 9.98. The first-order chi connectivity index (χ1) is 12.5. The van der Waals surface area contributed by atoms with Crippen LogP contribution in [0.1, 0.15) is 75.3 Å². The monoisotopic (exact) mass is 374 g/mol. The number of halogens is 1. The fourth-order valence-electron chi connectivity index (χ4n) is 6.51. The molecular weight excluding hydrogens is 344 g/mol. The molecule has 26 heavy (non-hydrogen) atoms. The number of ketones is 1. The number of fused-ring (bicyclic) bond motifs is 5. The number of aromatic hydroxyl groups is 1. The summed E-state index contributed by atoms with van der Waals surface area (Å²) in [4.78, 5) is 12.7. The number of benzene rings is 1. The maximum atomic E-state index is 12.7. The summed E-state index contributed by atoms with van der Waals surface area (Å²) >= 11 is 5.86. The topological polar surface area (TPSA) is 37.3 Å². The first-order valence-electron chi connectivity index (χ1n) is 10.5. The fourth-order valence-corrected chi connectivity index (χ4v) is 6.70. The van der Waals surface area contributed by atoms with E-state index < -0.39 is 0 Å².